The van der Waals surface area contributed by atoms with Crippen molar-refractivity contribution >= 4 is 22.4 Å². The Morgan fingerprint density at radius 2 is 2.00 bits per heavy atom. The van der Waals surface area contributed by atoms with Crippen LogP contribution < -0.4 is 20.7 Å². The van der Waals surface area contributed by atoms with Gasteiger partial charge in [-0.05, 0) is 62.6 Å². The number of anilines is 2. The zero-order chi connectivity index (χ0) is 25.6. The monoisotopic (exact) mass is 498 g/mol. The third kappa shape index (κ3) is 5.81. The van der Waals surface area contributed by atoms with E-state index in [2.05, 4.69) is 32.0 Å². The maximum absolute atomic E-state index is 10.0. The van der Waals surface area contributed by atoms with Crippen LogP contribution in [0.4, 0.5) is 11.6 Å². The average molecular weight is 499 g/mol. The summed E-state index contributed by atoms with van der Waals surface area (Å²) in [4.78, 5) is 13.8. The van der Waals surface area contributed by atoms with Crippen LogP contribution in [-0.2, 0) is 0 Å². The van der Waals surface area contributed by atoms with Crippen molar-refractivity contribution in [1.82, 2.24) is 20.3 Å². The maximum Gasteiger partial charge on any atom is 0.228 e. The van der Waals surface area contributed by atoms with Crippen molar-refractivity contribution in [2.45, 2.75) is 45.3 Å². The number of piperidine rings is 1. The Morgan fingerprint density at radius 3 is 2.84 bits per heavy atom. The van der Waals surface area contributed by atoms with Gasteiger partial charge in [-0.25, -0.2) is 15.0 Å². The molecule has 4 aromatic rings. The van der Waals surface area contributed by atoms with E-state index >= 15 is 0 Å². The number of rotatable bonds is 9. The first-order valence-corrected chi connectivity index (χ1v) is 13.0. The third-order valence-corrected chi connectivity index (χ3v) is 6.74. The molecule has 5 rings (SSSR count). The highest BCUT2D eigenvalue weighted by Crippen LogP contribution is 2.38. The van der Waals surface area contributed by atoms with Gasteiger partial charge in [-0.15, -0.1) is 0 Å². The number of aliphatic hydroxyl groups is 1. The second kappa shape index (κ2) is 11.5. The Labute approximate surface area is 217 Å². The van der Waals surface area contributed by atoms with Crippen LogP contribution in [-0.4, -0.2) is 51.8 Å². The van der Waals surface area contributed by atoms with Crippen molar-refractivity contribution in [3.8, 4) is 22.9 Å². The van der Waals surface area contributed by atoms with Crippen molar-refractivity contribution in [3.63, 3.8) is 0 Å². The number of aromatic nitrogens is 3. The van der Waals surface area contributed by atoms with Crippen LogP contribution in [0.2, 0.25) is 0 Å². The van der Waals surface area contributed by atoms with E-state index in [-0.39, 0.29) is 0 Å². The third-order valence-electron chi connectivity index (χ3n) is 6.74. The molecule has 8 nitrogen and oxygen atoms in total. The van der Waals surface area contributed by atoms with Gasteiger partial charge in [0.15, 0.2) is 0 Å². The number of hydrogen-bond donors (Lipinski definition) is 4. The van der Waals surface area contributed by atoms with Gasteiger partial charge in [0.05, 0.1) is 17.4 Å². The van der Waals surface area contributed by atoms with Gasteiger partial charge < -0.3 is 25.8 Å². The largest absolute Gasteiger partial charge is 0.437 e. The molecule has 1 aliphatic rings. The lowest BCUT2D eigenvalue weighted by atomic mass is 10.0. The molecule has 0 bridgehead atoms. The molecule has 0 saturated carbocycles. The lowest BCUT2D eigenvalue weighted by molar-refractivity contribution is 0.183. The molecule has 4 N–H and O–H groups in total. The van der Waals surface area contributed by atoms with E-state index in [9.17, 15) is 5.11 Å². The highest BCUT2D eigenvalue weighted by Gasteiger charge is 2.17. The Morgan fingerprint density at radius 1 is 1.08 bits per heavy atom. The first kappa shape index (κ1) is 24.9. The molecule has 1 aliphatic heterocycles. The average Bonchev–Trinajstić information content (AvgIpc) is 2.94. The summed E-state index contributed by atoms with van der Waals surface area (Å²) in [7, 11) is 0. The fourth-order valence-electron chi connectivity index (χ4n) is 4.60. The standard InChI is InChI=1S/C29H34N6O2/c1-3-21(36)18-33-25-10-4-8-23-22(25)12-11-19(2)27(23)37-28-24(9-6-15-31-28)26-13-16-32-29(35-26)34-20-7-5-14-30-17-20/h4,6,8-13,15-16,20-21,30,33,36H,3,5,7,14,17-18H2,1-2H3,(H,32,34,35)/t20-,21?/m0/s1. The van der Waals surface area contributed by atoms with Crippen LogP contribution >= 0.6 is 0 Å². The normalized spacial score (nSPS) is 16.4. The van der Waals surface area contributed by atoms with E-state index < -0.39 is 6.10 Å². The van der Waals surface area contributed by atoms with E-state index in [4.69, 9.17) is 9.72 Å². The number of nitrogens with one attached hydrogen (secondary N) is 3. The SMILES string of the molecule is CCC(O)CNc1cccc2c(Oc3ncccc3-c3ccnc(N[C@H]4CCCNC4)n3)c(C)ccc12. The van der Waals surface area contributed by atoms with Crippen molar-refractivity contribution in [2.24, 2.45) is 0 Å². The molecule has 2 atom stereocenters. The zero-order valence-electron chi connectivity index (χ0n) is 21.4. The fourth-order valence-corrected chi connectivity index (χ4v) is 4.60. The highest BCUT2D eigenvalue weighted by atomic mass is 16.5. The number of aryl methyl sites for hydroxylation is 1. The minimum Gasteiger partial charge on any atom is -0.437 e. The molecule has 1 unspecified atom stereocenters. The molecule has 0 amide bonds. The van der Waals surface area contributed by atoms with Crippen molar-refractivity contribution in [3.05, 3.63) is 66.5 Å². The summed E-state index contributed by atoms with van der Waals surface area (Å²) in [6, 6.07) is 16.2. The molecule has 3 heterocycles. The molecular weight excluding hydrogens is 464 g/mol. The minimum atomic E-state index is -0.394. The molecule has 192 valence electrons. The van der Waals surface area contributed by atoms with Crippen molar-refractivity contribution in [1.29, 1.82) is 0 Å². The second-order valence-corrected chi connectivity index (χ2v) is 9.47. The number of nitrogens with zero attached hydrogens (tertiary/aromatic N) is 3. The molecular formula is C29H34N6O2. The number of ether oxygens (including phenoxy) is 1. The molecule has 8 heteroatoms. The zero-order valence-corrected chi connectivity index (χ0v) is 21.4. The van der Waals surface area contributed by atoms with Crippen molar-refractivity contribution in [2.75, 3.05) is 30.3 Å². The van der Waals surface area contributed by atoms with Gasteiger partial charge in [0.2, 0.25) is 11.8 Å². The molecule has 0 radical (unpaired) electrons. The maximum atomic E-state index is 10.0. The molecule has 2 aromatic carbocycles. The molecule has 0 aliphatic carbocycles. The Kier molecular flexibility index (Phi) is 7.77. The molecule has 0 spiro atoms. The quantitative estimate of drug-likeness (QED) is 0.252. The van der Waals surface area contributed by atoms with E-state index in [0.29, 0.717) is 30.8 Å². The van der Waals surface area contributed by atoms with Gasteiger partial charge in [-0.2, -0.15) is 0 Å². The van der Waals surface area contributed by atoms with Crippen LogP contribution in [0.5, 0.6) is 11.6 Å². The minimum absolute atomic E-state index is 0.313. The summed E-state index contributed by atoms with van der Waals surface area (Å²) in [6.07, 6.45) is 6.03. The summed E-state index contributed by atoms with van der Waals surface area (Å²) < 4.78 is 6.52. The van der Waals surface area contributed by atoms with Crippen LogP contribution in [0, 0.1) is 6.92 Å². The summed E-state index contributed by atoms with van der Waals surface area (Å²) in [6.45, 7) is 6.46. The van der Waals surface area contributed by atoms with Gasteiger partial charge in [0.1, 0.15) is 5.75 Å². The topological polar surface area (TPSA) is 104 Å². The predicted octanol–water partition coefficient (Wildman–Crippen LogP) is 5.14. The van der Waals surface area contributed by atoms with E-state index in [0.717, 1.165) is 65.0 Å². The number of pyridine rings is 1. The molecule has 2 aromatic heterocycles. The molecule has 1 fully saturated rings. The van der Waals surface area contributed by atoms with E-state index in [1.54, 1.807) is 12.4 Å². The van der Waals surface area contributed by atoms with E-state index in [1.165, 1.54) is 0 Å². The lowest BCUT2D eigenvalue weighted by Gasteiger charge is -2.23. The molecule has 1 saturated heterocycles. The van der Waals surface area contributed by atoms with Crippen LogP contribution in [0.15, 0.2) is 60.9 Å². The van der Waals surface area contributed by atoms with Gasteiger partial charge in [-0.3, -0.25) is 0 Å². The first-order chi connectivity index (χ1) is 18.1. The van der Waals surface area contributed by atoms with Gasteiger partial charge in [0, 0.05) is 48.0 Å². The fraction of sp³-hybridized carbons (Fsp3) is 0.345. The van der Waals surface area contributed by atoms with E-state index in [1.807, 2.05) is 56.3 Å². The van der Waals surface area contributed by atoms with Gasteiger partial charge in [-0.1, -0.05) is 31.2 Å². The van der Waals surface area contributed by atoms with Gasteiger partial charge in [0.25, 0.3) is 0 Å². The second-order valence-electron chi connectivity index (χ2n) is 9.47. The first-order valence-electron chi connectivity index (χ1n) is 13.0. The predicted molar refractivity (Wildman–Crippen MR) is 148 cm³/mol. The van der Waals surface area contributed by atoms with Crippen LogP contribution in [0.1, 0.15) is 31.7 Å². The number of benzene rings is 2. The van der Waals surface area contributed by atoms with Crippen LogP contribution in [0.3, 0.4) is 0 Å². The summed E-state index contributed by atoms with van der Waals surface area (Å²) in [5.74, 6) is 1.84. The number of hydrogen-bond acceptors (Lipinski definition) is 8. The summed E-state index contributed by atoms with van der Waals surface area (Å²) in [5.41, 5.74) is 3.51. The number of fused-ring (bicyclic) bond motifs is 1. The highest BCUT2D eigenvalue weighted by molar-refractivity contribution is 5.98. The Balaban J connectivity index is 1.45. The summed E-state index contributed by atoms with van der Waals surface area (Å²) >= 11 is 0. The van der Waals surface area contributed by atoms with Gasteiger partial charge >= 0.3 is 0 Å². The lowest BCUT2D eigenvalue weighted by Crippen LogP contribution is -2.38. The molecule has 37 heavy (non-hydrogen) atoms. The summed E-state index contributed by atoms with van der Waals surface area (Å²) in [5, 5.41) is 22.3. The number of aliphatic hydroxyl groups excluding tert-OH is 1. The van der Waals surface area contributed by atoms with Crippen LogP contribution in [0.25, 0.3) is 22.0 Å². The Bertz CT molecular complexity index is 1360. The van der Waals surface area contributed by atoms with Crippen molar-refractivity contribution < 1.29 is 9.84 Å². The smallest absolute Gasteiger partial charge is 0.228 e. The Hall–Kier alpha value is -3.75.